The Morgan fingerprint density at radius 3 is 2.05 bits per heavy atom. The number of hydrogen-bond acceptors (Lipinski definition) is 10. The minimum absolute atomic E-state index is 0.0559. The molecule has 3 amide bonds. The van der Waals surface area contributed by atoms with Crippen LogP contribution in [0.2, 0.25) is 10.0 Å². The van der Waals surface area contributed by atoms with Crippen molar-refractivity contribution < 1.29 is 19.4 Å². The number of hydrogen-bond donors (Lipinski definition) is 2. The zero-order valence-electron chi connectivity index (χ0n) is 50.7. The summed E-state index contributed by atoms with van der Waals surface area (Å²) in [6, 6.07) is 43.0. The van der Waals surface area contributed by atoms with Crippen LogP contribution in [0.15, 0.2) is 132 Å². The Balaban J connectivity index is 0.718. The third-order valence-electron chi connectivity index (χ3n) is 17.7. The van der Waals surface area contributed by atoms with Gasteiger partial charge in [-0.15, -0.1) is 0 Å². The molecule has 10 rings (SSSR count). The van der Waals surface area contributed by atoms with Crippen LogP contribution in [0.3, 0.4) is 0 Å². The average molecular weight is 1190 g/mol. The minimum Gasteiger partial charge on any atom is -0.493 e. The van der Waals surface area contributed by atoms with Gasteiger partial charge in [-0.2, -0.15) is 9.61 Å². The van der Waals surface area contributed by atoms with E-state index in [-0.39, 0.29) is 24.0 Å². The number of nitrogens with zero attached hydrogens (tertiary/aromatic N) is 9. The zero-order chi connectivity index (χ0) is 59.9. The van der Waals surface area contributed by atoms with Gasteiger partial charge in [0.25, 0.3) is 0 Å². The SMILES string of the molecule is CCOc1cc(C(C)(C)C)ccc1C1=N[C@@](C)(c2ccc(Cl)cc2)[C@@](C)(c2ccc(Cl)cc2)N1C(=O)N1CCN(CCC(=O)NCCCCCCCc2cccc(-c3c(C)nn4c(N5CCN(CCO)CC5)cc(-c5ccccc5)nc34)c2)CC1. The molecule has 85 heavy (non-hydrogen) atoms. The van der Waals surface area contributed by atoms with E-state index in [1.54, 1.807) is 0 Å². The highest BCUT2D eigenvalue weighted by Gasteiger charge is 2.60. The van der Waals surface area contributed by atoms with Crippen LogP contribution in [0.25, 0.3) is 28.0 Å². The largest absolute Gasteiger partial charge is 0.493 e. The van der Waals surface area contributed by atoms with Crippen molar-refractivity contribution in [2.75, 3.05) is 90.1 Å². The highest BCUT2D eigenvalue weighted by Crippen LogP contribution is 2.54. The van der Waals surface area contributed by atoms with Gasteiger partial charge in [0.15, 0.2) is 5.65 Å². The number of halogens is 2. The molecule has 448 valence electrons. The molecular formula is C69H84Cl2N10O4. The molecule has 2 aromatic heterocycles. The number of nitrogens with one attached hydrogen (secondary N) is 1. The smallest absolute Gasteiger partial charge is 0.326 e. The molecule has 0 saturated carbocycles. The second kappa shape index (κ2) is 26.8. The van der Waals surface area contributed by atoms with Gasteiger partial charge in [-0.05, 0) is 117 Å². The van der Waals surface area contributed by atoms with Crippen molar-refractivity contribution in [3.05, 3.63) is 171 Å². The standard InChI is InChI=1S/C69H84Cl2N10O4/c1-8-85-60-47-55(67(3,4)5)27-32-58(60)64-74-68(6,53-23-28-56(70)29-24-53)69(7,54-25-30-57(71)31-26-54)80(64)66(84)79-42-38-76(39-43-79)35-33-61(83)72-34-16-11-9-10-13-18-50-19-17-22-52(46-50)63-49(2)75-81-62(78-40-36-77(37-41-78)44-45-82)48-59(73-65(63)81)51-20-14-12-15-21-51/h12,14-15,17,19-32,46-48,82H,8-11,13,16,18,33-45H2,1-7H3,(H,72,83)/t68-,69+/m0/s1. The Morgan fingerprint density at radius 2 is 1.36 bits per heavy atom. The van der Waals surface area contributed by atoms with E-state index in [9.17, 15) is 9.90 Å². The van der Waals surface area contributed by atoms with Crippen LogP contribution in [0.5, 0.6) is 5.75 Å². The number of fused-ring (bicyclic) bond motifs is 1. The average Bonchev–Trinajstić information content (AvgIpc) is 1.59. The lowest BCUT2D eigenvalue weighted by Crippen LogP contribution is -2.60. The molecule has 2 saturated heterocycles. The highest BCUT2D eigenvalue weighted by molar-refractivity contribution is 6.30. The van der Waals surface area contributed by atoms with E-state index in [1.165, 1.54) is 5.56 Å². The van der Waals surface area contributed by atoms with Gasteiger partial charge in [0.1, 0.15) is 28.5 Å². The lowest BCUT2D eigenvalue weighted by Gasteiger charge is -2.47. The molecule has 0 spiro atoms. The number of rotatable bonds is 21. The fourth-order valence-corrected chi connectivity index (χ4v) is 12.8. The molecule has 3 aliphatic rings. The van der Waals surface area contributed by atoms with Gasteiger partial charge >= 0.3 is 6.03 Å². The highest BCUT2D eigenvalue weighted by atomic mass is 35.5. The van der Waals surface area contributed by atoms with Crippen molar-refractivity contribution in [2.24, 2.45) is 4.99 Å². The van der Waals surface area contributed by atoms with Gasteiger partial charge in [-0.1, -0.05) is 148 Å². The first kappa shape index (κ1) is 61.3. The van der Waals surface area contributed by atoms with E-state index in [0.717, 1.165) is 127 Å². The van der Waals surface area contributed by atoms with Crippen molar-refractivity contribution in [1.29, 1.82) is 0 Å². The molecule has 2 fully saturated rings. The van der Waals surface area contributed by atoms with Gasteiger partial charge in [0.05, 0.1) is 30.2 Å². The number of aliphatic hydroxyl groups is 1. The van der Waals surface area contributed by atoms with E-state index < -0.39 is 11.1 Å². The summed E-state index contributed by atoms with van der Waals surface area (Å²) in [6.07, 6.45) is 6.69. The minimum atomic E-state index is -1.03. The summed E-state index contributed by atoms with van der Waals surface area (Å²) in [5.74, 6) is 2.30. The molecular weight excluding hydrogens is 1100 g/mol. The molecule has 3 aliphatic heterocycles. The number of aromatic nitrogens is 3. The number of aliphatic hydroxyl groups excluding tert-OH is 1. The Hall–Kier alpha value is -6.81. The molecule has 14 nitrogen and oxygen atoms in total. The number of aryl methyl sites for hydroxylation is 2. The number of benzene rings is 5. The quantitative estimate of drug-likeness (QED) is 0.0675. The predicted octanol–water partition coefficient (Wildman–Crippen LogP) is 12.8. The monoisotopic (exact) mass is 1190 g/mol. The number of anilines is 1. The van der Waals surface area contributed by atoms with Crippen molar-refractivity contribution >= 4 is 52.4 Å². The summed E-state index contributed by atoms with van der Waals surface area (Å²) in [4.78, 5) is 50.5. The summed E-state index contributed by atoms with van der Waals surface area (Å²) < 4.78 is 8.43. The topological polar surface area (TPSA) is 134 Å². The van der Waals surface area contributed by atoms with Crippen molar-refractivity contribution in [1.82, 2.24) is 39.5 Å². The van der Waals surface area contributed by atoms with Crippen LogP contribution in [-0.2, 0) is 27.7 Å². The zero-order valence-corrected chi connectivity index (χ0v) is 52.2. The summed E-state index contributed by atoms with van der Waals surface area (Å²) in [5, 5.41) is 19.1. The molecule has 2 N–H and O–H groups in total. The number of ether oxygens (including phenoxy) is 1. The second-order valence-corrected chi connectivity index (χ2v) is 25.2. The van der Waals surface area contributed by atoms with E-state index in [0.29, 0.717) is 80.5 Å². The molecule has 5 heterocycles. The number of unbranched alkanes of at least 4 members (excludes halogenated alkanes) is 4. The van der Waals surface area contributed by atoms with Crippen molar-refractivity contribution in [3.63, 3.8) is 0 Å². The first-order chi connectivity index (χ1) is 41.0. The molecule has 0 bridgehead atoms. The van der Waals surface area contributed by atoms with Gasteiger partial charge in [-0.25, -0.2) is 9.78 Å². The van der Waals surface area contributed by atoms with Gasteiger partial charge < -0.3 is 25.0 Å². The summed E-state index contributed by atoms with van der Waals surface area (Å²) in [7, 11) is 0. The van der Waals surface area contributed by atoms with Crippen LogP contribution in [0, 0.1) is 6.92 Å². The normalized spacial score (nSPS) is 18.8. The number of urea groups is 1. The van der Waals surface area contributed by atoms with Crippen molar-refractivity contribution in [3.8, 4) is 28.1 Å². The van der Waals surface area contributed by atoms with Crippen LogP contribution >= 0.6 is 23.2 Å². The number of aliphatic imine (C=N–C) groups is 1. The summed E-state index contributed by atoms with van der Waals surface area (Å²) >= 11 is 13.0. The number of amides is 3. The lowest BCUT2D eigenvalue weighted by molar-refractivity contribution is -0.121. The third-order valence-corrected chi connectivity index (χ3v) is 18.2. The Bertz CT molecular complexity index is 3460. The third kappa shape index (κ3) is 13.4. The Kier molecular flexibility index (Phi) is 19.4. The maximum Gasteiger partial charge on any atom is 0.326 e. The molecule has 0 unspecified atom stereocenters. The van der Waals surface area contributed by atoms with Gasteiger partial charge in [-0.3, -0.25) is 24.5 Å². The maximum absolute atomic E-state index is 15.6. The fraction of sp³-hybridized carbons (Fsp3) is 0.435. The number of piperazine rings is 2. The molecule has 0 radical (unpaired) electrons. The first-order valence-corrected chi connectivity index (χ1v) is 31.4. The first-order valence-electron chi connectivity index (χ1n) is 30.6. The maximum atomic E-state index is 15.6. The number of carbonyl (C=O) groups excluding carboxylic acids is 2. The van der Waals surface area contributed by atoms with Crippen molar-refractivity contribution in [2.45, 2.75) is 110 Å². The van der Waals surface area contributed by atoms with Crippen LogP contribution in [0.4, 0.5) is 10.6 Å². The predicted molar refractivity (Wildman–Crippen MR) is 344 cm³/mol. The van der Waals surface area contributed by atoms with E-state index >= 15 is 4.79 Å². The number of carbonyl (C=O) groups is 2. The molecule has 16 heteroatoms. The van der Waals surface area contributed by atoms with E-state index in [2.05, 4.69) is 134 Å². The molecule has 2 atom stereocenters. The van der Waals surface area contributed by atoms with E-state index in [4.69, 9.17) is 43.0 Å². The van der Waals surface area contributed by atoms with Gasteiger partial charge in [0, 0.05) is 106 Å². The molecule has 7 aromatic rings. The number of amidine groups is 1. The van der Waals surface area contributed by atoms with Crippen LogP contribution < -0.4 is 15.0 Å². The Morgan fingerprint density at radius 1 is 0.718 bits per heavy atom. The summed E-state index contributed by atoms with van der Waals surface area (Å²) in [5.41, 5.74) is 8.83. The van der Waals surface area contributed by atoms with E-state index in [1.807, 2.05) is 75.8 Å². The second-order valence-electron chi connectivity index (χ2n) is 24.4. The number of β-amino-alcohol motifs (C(OH)–C–C–N with tert-alkyl or cyclic N) is 1. The van der Waals surface area contributed by atoms with Crippen LogP contribution in [-0.4, -0.2) is 142 Å². The lowest BCUT2D eigenvalue weighted by atomic mass is 9.71. The summed E-state index contributed by atoms with van der Waals surface area (Å²) in [6.45, 7) is 23.1. The van der Waals surface area contributed by atoms with Crippen LogP contribution in [0.1, 0.15) is 114 Å². The molecule has 0 aliphatic carbocycles. The van der Waals surface area contributed by atoms with Gasteiger partial charge in [0.2, 0.25) is 5.91 Å². The molecule has 5 aromatic carbocycles. The Labute approximate surface area is 512 Å². The fourth-order valence-electron chi connectivity index (χ4n) is 12.5.